The number of hydrogen-bond donors (Lipinski definition) is 1. The summed E-state index contributed by atoms with van der Waals surface area (Å²) in [4.78, 5) is 36.9. The Morgan fingerprint density at radius 2 is 2.08 bits per heavy atom. The molecule has 3 amide bonds. The maximum absolute atomic E-state index is 12.2. The van der Waals surface area contributed by atoms with E-state index in [-0.39, 0.29) is 18.4 Å². The number of benzene rings is 1. The molecule has 1 N–H and O–H groups in total. The van der Waals surface area contributed by atoms with E-state index in [0.29, 0.717) is 18.9 Å². The zero-order valence-electron chi connectivity index (χ0n) is 14.0. The highest BCUT2D eigenvalue weighted by atomic mass is 16.6. The van der Waals surface area contributed by atoms with E-state index in [1.807, 2.05) is 12.1 Å². The fourth-order valence-electron chi connectivity index (χ4n) is 3.28. The highest BCUT2D eigenvalue weighted by Gasteiger charge is 2.41. The number of ether oxygens (including phenoxy) is 1. The number of imide groups is 1. The molecule has 0 bridgehead atoms. The van der Waals surface area contributed by atoms with Gasteiger partial charge in [0.1, 0.15) is 12.1 Å². The van der Waals surface area contributed by atoms with E-state index in [1.54, 1.807) is 0 Å². The van der Waals surface area contributed by atoms with Gasteiger partial charge in [0.2, 0.25) is 11.8 Å². The fraction of sp³-hybridized carbons (Fsp3) is 0.500. The lowest BCUT2D eigenvalue weighted by atomic mass is 9.98. The zero-order chi connectivity index (χ0) is 17.3. The minimum atomic E-state index is -0.626. The van der Waals surface area contributed by atoms with Crippen LogP contribution in [0.4, 0.5) is 4.79 Å². The number of rotatable bonds is 4. The molecule has 0 spiro atoms. The van der Waals surface area contributed by atoms with E-state index in [4.69, 9.17) is 4.74 Å². The van der Waals surface area contributed by atoms with Crippen LogP contribution in [0.2, 0.25) is 0 Å². The maximum Gasteiger partial charge on any atom is 0.411 e. The van der Waals surface area contributed by atoms with Crippen molar-refractivity contribution in [1.82, 2.24) is 10.2 Å². The Kier molecular flexibility index (Phi) is 4.55. The number of nitrogens with zero attached hydrogens (tertiary/aromatic N) is 1. The Morgan fingerprint density at radius 1 is 1.29 bits per heavy atom. The molecule has 0 radical (unpaired) electrons. The first-order valence-corrected chi connectivity index (χ1v) is 8.34. The predicted octanol–water partition coefficient (Wildman–Crippen LogP) is 2.18. The molecule has 6 heteroatoms. The van der Waals surface area contributed by atoms with E-state index < -0.39 is 18.0 Å². The van der Waals surface area contributed by atoms with Crippen molar-refractivity contribution in [2.24, 2.45) is 5.92 Å². The Morgan fingerprint density at radius 3 is 2.79 bits per heavy atom. The molecule has 0 aromatic heterocycles. The molecule has 3 rings (SSSR count). The van der Waals surface area contributed by atoms with E-state index >= 15 is 0 Å². The average Bonchev–Trinajstić information content (AvgIpc) is 2.89. The molecular weight excluding hydrogens is 308 g/mol. The topological polar surface area (TPSA) is 75.7 Å². The van der Waals surface area contributed by atoms with Crippen molar-refractivity contribution in [2.45, 2.75) is 45.3 Å². The summed E-state index contributed by atoms with van der Waals surface area (Å²) < 4.78 is 5.47. The lowest BCUT2D eigenvalue weighted by Crippen LogP contribution is -2.52. The number of nitrogens with one attached hydrogen (secondary N) is 1. The standard InChI is InChI=1S/C18H22N2O4/c1-11(2)8-12-4-3-5-13(9-12)15-10-20(18(23)24-15)14-6-7-16(21)19-17(14)22/h3-5,9,11,14-15H,6-8,10H2,1-2H3,(H,19,21,22). The summed E-state index contributed by atoms with van der Waals surface area (Å²) in [6.07, 6.45) is 0.679. The second-order valence-corrected chi connectivity index (χ2v) is 6.83. The number of cyclic esters (lactones) is 1. The average molecular weight is 330 g/mol. The minimum absolute atomic E-state index is 0.245. The van der Waals surface area contributed by atoms with Gasteiger partial charge in [-0.1, -0.05) is 38.1 Å². The first-order chi connectivity index (χ1) is 11.4. The molecule has 1 aromatic carbocycles. The lowest BCUT2D eigenvalue weighted by molar-refractivity contribution is -0.136. The fourth-order valence-corrected chi connectivity index (χ4v) is 3.28. The van der Waals surface area contributed by atoms with Crippen LogP contribution in [-0.2, 0) is 20.7 Å². The van der Waals surface area contributed by atoms with Gasteiger partial charge in [0.05, 0.1) is 6.54 Å². The third kappa shape index (κ3) is 3.42. The molecule has 2 atom stereocenters. The minimum Gasteiger partial charge on any atom is -0.439 e. The van der Waals surface area contributed by atoms with Gasteiger partial charge in [0.25, 0.3) is 0 Å². The first kappa shape index (κ1) is 16.5. The monoisotopic (exact) mass is 330 g/mol. The van der Waals surface area contributed by atoms with Crippen molar-refractivity contribution in [3.63, 3.8) is 0 Å². The number of piperidine rings is 1. The number of hydrogen-bond acceptors (Lipinski definition) is 4. The van der Waals surface area contributed by atoms with Crippen molar-refractivity contribution < 1.29 is 19.1 Å². The molecule has 2 fully saturated rings. The summed E-state index contributed by atoms with van der Waals surface area (Å²) in [6, 6.07) is 7.41. The maximum atomic E-state index is 12.2. The predicted molar refractivity (Wildman–Crippen MR) is 87.1 cm³/mol. The summed E-state index contributed by atoms with van der Waals surface area (Å²) in [5.41, 5.74) is 2.15. The quantitative estimate of drug-likeness (QED) is 0.859. The molecule has 2 aliphatic rings. The molecule has 0 aliphatic carbocycles. The molecule has 2 saturated heterocycles. The molecule has 2 heterocycles. The van der Waals surface area contributed by atoms with Crippen molar-refractivity contribution in [3.8, 4) is 0 Å². The first-order valence-electron chi connectivity index (χ1n) is 8.34. The van der Waals surface area contributed by atoms with E-state index in [9.17, 15) is 14.4 Å². The highest BCUT2D eigenvalue weighted by molar-refractivity contribution is 6.01. The van der Waals surface area contributed by atoms with Gasteiger partial charge < -0.3 is 4.74 Å². The van der Waals surface area contributed by atoms with Crippen LogP contribution in [0, 0.1) is 5.92 Å². The molecule has 128 valence electrons. The third-order valence-corrected chi connectivity index (χ3v) is 4.39. The van der Waals surface area contributed by atoms with E-state index in [1.165, 1.54) is 10.5 Å². The summed E-state index contributed by atoms with van der Waals surface area (Å²) in [6.45, 7) is 4.65. The van der Waals surface area contributed by atoms with Crippen LogP contribution in [0.1, 0.15) is 43.9 Å². The van der Waals surface area contributed by atoms with Crippen LogP contribution in [0.5, 0.6) is 0 Å². The van der Waals surface area contributed by atoms with Crippen molar-refractivity contribution >= 4 is 17.9 Å². The van der Waals surface area contributed by atoms with Crippen LogP contribution in [0.15, 0.2) is 24.3 Å². The lowest BCUT2D eigenvalue weighted by Gasteiger charge is -2.27. The Labute approximate surface area is 141 Å². The molecule has 24 heavy (non-hydrogen) atoms. The zero-order valence-corrected chi connectivity index (χ0v) is 14.0. The van der Waals surface area contributed by atoms with Gasteiger partial charge in [-0.05, 0) is 29.9 Å². The smallest absolute Gasteiger partial charge is 0.411 e. The highest BCUT2D eigenvalue weighted by Crippen LogP contribution is 2.30. The van der Waals surface area contributed by atoms with Crippen LogP contribution >= 0.6 is 0 Å². The molecule has 6 nitrogen and oxygen atoms in total. The molecule has 0 saturated carbocycles. The van der Waals surface area contributed by atoms with Crippen LogP contribution in [0.3, 0.4) is 0 Å². The van der Waals surface area contributed by atoms with Gasteiger partial charge in [-0.3, -0.25) is 19.8 Å². The largest absolute Gasteiger partial charge is 0.439 e. The molecule has 2 unspecified atom stereocenters. The second kappa shape index (κ2) is 6.63. The molecule has 2 aliphatic heterocycles. The van der Waals surface area contributed by atoms with Gasteiger partial charge in [0, 0.05) is 6.42 Å². The summed E-state index contributed by atoms with van der Waals surface area (Å²) >= 11 is 0. The number of amides is 3. The Bertz CT molecular complexity index is 671. The third-order valence-electron chi connectivity index (χ3n) is 4.39. The van der Waals surface area contributed by atoms with Crippen LogP contribution < -0.4 is 5.32 Å². The Hall–Kier alpha value is -2.37. The SMILES string of the molecule is CC(C)Cc1cccc(C2CN(C3CCC(=O)NC3=O)C(=O)O2)c1. The summed E-state index contributed by atoms with van der Waals surface area (Å²) in [7, 11) is 0. The van der Waals surface area contributed by atoms with Gasteiger partial charge in [-0.2, -0.15) is 0 Å². The van der Waals surface area contributed by atoms with Crippen LogP contribution in [0.25, 0.3) is 0 Å². The van der Waals surface area contributed by atoms with Crippen LogP contribution in [-0.4, -0.2) is 35.4 Å². The van der Waals surface area contributed by atoms with Crippen molar-refractivity contribution in [2.75, 3.05) is 6.54 Å². The summed E-state index contributed by atoms with van der Waals surface area (Å²) in [5.74, 6) is -0.162. The van der Waals surface area contributed by atoms with Crippen molar-refractivity contribution in [3.05, 3.63) is 35.4 Å². The molecular formula is C18H22N2O4. The summed E-state index contributed by atoms with van der Waals surface area (Å²) in [5, 5.41) is 2.28. The van der Waals surface area contributed by atoms with E-state index in [0.717, 1.165) is 12.0 Å². The number of carbonyl (C=O) groups is 3. The Balaban J connectivity index is 1.73. The van der Waals surface area contributed by atoms with Gasteiger partial charge in [-0.25, -0.2) is 4.79 Å². The molecule has 1 aromatic rings. The number of carbonyl (C=O) groups excluding carboxylic acids is 3. The van der Waals surface area contributed by atoms with Gasteiger partial charge >= 0.3 is 6.09 Å². The van der Waals surface area contributed by atoms with Crippen molar-refractivity contribution in [1.29, 1.82) is 0 Å². The van der Waals surface area contributed by atoms with E-state index in [2.05, 4.69) is 31.3 Å². The van der Waals surface area contributed by atoms with Gasteiger partial charge in [0.15, 0.2) is 0 Å². The second-order valence-electron chi connectivity index (χ2n) is 6.83. The normalized spacial score (nSPS) is 24.3. The van der Waals surface area contributed by atoms with Gasteiger partial charge in [-0.15, -0.1) is 0 Å².